The van der Waals surface area contributed by atoms with Gasteiger partial charge in [0.05, 0.1) is 5.69 Å². The molecule has 0 spiro atoms. The van der Waals surface area contributed by atoms with Crippen LogP contribution in [0.25, 0.3) is 0 Å². The number of nitrogens with zero attached hydrogens (tertiary/aromatic N) is 2. The summed E-state index contributed by atoms with van der Waals surface area (Å²) in [5.74, 6) is 1.89. The standard InChI is InChI=1S/C13H15BrN2O/c1-3-16-8-12(15-10(16)2)9-17-13-6-4-11(14)5-7-13/h4-8H,3,9H2,1-2H3. The third kappa shape index (κ3) is 3.09. The van der Waals surface area contributed by atoms with Crippen molar-refractivity contribution in [3.8, 4) is 5.75 Å². The van der Waals surface area contributed by atoms with Crippen molar-refractivity contribution in [1.29, 1.82) is 0 Å². The molecule has 0 radical (unpaired) electrons. The van der Waals surface area contributed by atoms with Crippen molar-refractivity contribution in [3.05, 3.63) is 46.5 Å². The van der Waals surface area contributed by atoms with Gasteiger partial charge < -0.3 is 9.30 Å². The lowest BCUT2D eigenvalue weighted by Crippen LogP contribution is -1.95. The number of halogens is 1. The first-order valence-electron chi connectivity index (χ1n) is 5.60. The van der Waals surface area contributed by atoms with Crippen LogP contribution in [0.15, 0.2) is 34.9 Å². The van der Waals surface area contributed by atoms with Gasteiger partial charge in [-0.3, -0.25) is 0 Å². The van der Waals surface area contributed by atoms with Crippen LogP contribution in [0.4, 0.5) is 0 Å². The van der Waals surface area contributed by atoms with Crippen LogP contribution in [-0.4, -0.2) is 9.55 Å². The third-order valence-corrected chi connectivity index (χ3v) is 3.10. The van der Waals surface area contributed by atoms with Gasteiger partial charge in [0.15, 0.2) is 0 Å². The molecule has 1 aromatic heterocycles. The lowest BCUT2D eigenvalue weighted by atomic mass is 10.3. The molecule has 0 saturated carbocycles. The van der Waals surface area contributed by atoms with Crippen molar-refractivity contribution in [2.45, 2.75) is 27.0 Å². The average molecular weight is 295 g/mol. The van der Waals surface area contributed by atoms with Gasteiger partial charge in [-0.15, -0.1) is 0 Å². The predicted molar refractivity (Wildman–Crippen MR) is 71.1 cm³/mol. The van der Waals surface area contributed by atoms with E-state index in [1.54, 1.807) is 0 Å². The molecule has 17 heavy (non-hydrogen) atoms. The molecule has 0 aliphatic heterocycles. The molecule has 0 aliphatic rings. The highest BCUT2D eigenvalue weighted by Crippen LogP contribution is 2.17. The summed E-state index contributed by atoms with van der Waals surface area (Å²) in [6.07, 6.45) is 2.04. The van der Waals surface area contributed by atoms with Crippen molar-refractivity contribution in [3.63, 3.8) is 0 Å². The minimum absolute atomic E-state index is 0.509. The van der Waals surface area contributed by atoms with Crippen LogP contribution in [0.5, 0.6) is 5.75 Å². The maximum Gasteiger partial charge on any atom is 0.132 e. The lowest BCUT2D eigenvalue weighted by Gasteiger charge is -2.03. The maximum atomic E-state index is 5.66. The van der Waals surface area contributed by atoms with Crippen LogP contribution in [0.1, 0.15) is 18.4 Å². The van der Waals surface area contributed by atoms with Crippen molar-refractivity contribution >= 4 is 15.9 Å². The Kier molecular flexibility index (Phi) is 3.84. The van der Waals surface area contributed by atoms with Crippen molar-refractivity contribution in [1.82, 2.24) is 9.55 Å². The van der Waals surface area contributed by atoms with Crippen LogP contribution in [0, 0.1) is 6.92 Å². The first-order valence-corrected chi connectivity index (χ1v) is 6.39. The first-order chi connectivity index (χ1) is 8.19. The number of imidazole rings is 1. The molecule has 90 valence electrons. The van der Waals surface area contributed by atoms with E-state index in [2.05, 4.69) is 32.4 Å². The Morgan fingerprint density at radius 2 is 2.00 bits per heavy atom. The van der Waals surface area contributed by atoms with Gasteiger partial charge in [0.2, 0.25) is 0 Å². The van der Waals surface area contributed by atoms with Gasteiger partial charge in [-0.1, -0.05) is 15.9 Å². The van der Waals surface area contributed by atoms with Gasteiger partial charge in [-0.05, 0) is 38.1 Å². The van der Waals surface area contributed by atoms with E-state index < -0.39 is 0 Å². The third-order valence-electron chi connectivity index (χ3n) is 2.57. The number of hydrogen-bond acceptors (Lipinski definition) is 2. The number of hydrogen-bond donors (Lipinski definition) is 0. The van der Waals surface area contributed by atoms with Crippen LogP contribution >= 0.6 is 15.9 Å². The lowest BCUT2D eigenvalue weighted by molar-refractivity contribution is 0.301. The highest BCUT2D eigenvalue weighted by atomic mass is 79.9. The maximum absolute atomic E-state index is 5.66. The Labute approximate surface area is 110 Å². The van der Waals surface area contributed by atoms with E-state index in [-0.39, 0.29) is 0 Å². The quantitative estimate of drug-likeness (QED) is 0.862. The monoisotopic (exact) mass is 294 g/mol. The first kappa shape index (κ1) is 12.2. The highest BCUT2D eigenvalue weighted by Gasteiger charge is 2.03. The average Bonchev–Trinajstić information content (AvgIpc) is 2.69. The van der Waals surface area contributed by atoms with Crippen molar-refractivity contribution in [2.75, 3.05) is 0 Å². The summed E-state index contributed by atoms with van der Waals surface area (Å²) >= 11 is 3.39. The zero-order chi connectivity index (χ0) is 12.3. The van der Waals surface area contributed by atoms with E-state index >= 15 is 0 Å². The molecule has 0 aliphatic carbocycles. The fourth-order valence-electron chi connectivity index (χ4n) is 1.65. The summed E-state index contributed by atoms with van der Waals surface area (Å²) in [5, 5.41) is 0. The van der Waals surface area contributed by atoms with Gasteiger partial charge >= 0.3 is 0 Å². The molecule has 0 bridgehead atoms. The molecular formula is C13H15BrN2O. The zero-order valence-corrected chi connectivity index (χ0v) is 11.6. The topological polar surface area (TPSA) is 27.1 Å². The second-order valence-electron chi connectivity index (χ2n) is 3.81. The summed E-state index contributed by atoms with van der Waals surface area (Å²) in [6, 6.07) is 7.80. The summed E-state index contributed by atoms with van der Waals surface area (Å²) in [7, 11) is 0. The Hall–Kier alpha value is -1.29. The summed E-state index contributed by atoms with van der Waals surface area (Å²) in [4.78, 5) is 4.44. The molecule has 0 amide bonds. The molecule has 3 nitrogen and oxygen atoms in total. The minimum Gasteiger partial charge on any atom is -0.487 e. The van der Waals surface area contributed by atoms with Gasteiger partial charge in [-0.2, -0.15) is 0 Å². The minimum atomic E-state index is 0.509. The van der Waals surface area contributed by atoms with Crippen LogP contribution < -0.4 is 4.74 Å². The number of benzene rings is 1. The molecule has 0 fully saturated rings. The molecule has 0 unspecified atom stereocenters. The van der Waals surface area contributed by atoms with E-state index in [1.165, 1.54) is 0 Å². The molecule has 1 aromatic carbocycles. The van der Waals surface area contributed by atoms with Crippen LogP contribution in [0.3, 0.4) is 0 Å². The Bertz CT molecular complexity index is 491. The Morgan fingerprint density at radius 3 is 2.59 bits per heavy atom. The smallest absolute Gasteiger partial charge is 0.132 e. The molecule has 4 heteroatoms. The Morgan fingerprint density at radius 1 is 1.29 bits per heavy atom. The molecule has 0 N–H and O–H groups in total. The zero-order valence-electron chi connectivity index (χ0n) is 9.98. The van der Waals surface area contributed by atoms with Crippen LogP contribution in [0.2, 0.25) is 0 Å². The van der Waals surface area contributed by atoms with E-state index in [0.29, 0.717) is 6.61 Å². The molecule has 0 saturated heterocycles. The molecule has 1 heterocycles. The second-order valence-corrected chi connectivity index (χ2v) is 4.72. The largest absolute Gasteiger partial charge is 0.487 e. The van der Waals surface area contributed by atoms with Crippen molar-refractivity contribution < 1.29 is 4.74 Å². The predicted octanol–water partition coefficient (Wildman–Crippen LogP) is 3.55. The van der Waals surface area contributed by atoms with E-state index in [4.69, 9.17) is 4.74 Å². The number of ether oxygens (including phenoxy) is 1. The van der Waals surface area contributed by atoms with Gasteiger partial charge in [0.1, 0.15) is 18.2 Å². The summed E-state index contributed by atoms with van der Waals surface area (Å²) < 4.78 is 8.83. The summed E-state index contributed by atoms with van der Waals surface area (Å²) in [6.45, 7) is 5.56. The normalized spacial score (nSPS) is 10.5. The van der Waals surface area contributed by atoms with Gasteiger partial charge in [0.25, 0.3) is 0 Å². The van der Waals surface area contributed by atoms with Crippen molar-refractivity contribution in [2.24, 2.45) is 0 Å². The molecule has 0 atom stereocenters. The molecule has 2 aromatic rings. The Balaban J connectivity index is 1.99. The number of aromatic nitrogens is 2. The van der Waals surface area contributed by atoms with Crippen LogP contribution in [-0.2, 0) is 13.2 Å². The number of rotatable bonds is 4. The highest BCUT2D eigenvalue weighted by molar-refractivity contribution is 9.10. The van der Waals surface area contributed by atoms with Gasteiger partial charge in [0, 0.05) is 17.2 Å². The fourth-order valence-corrected chi connectivity index (χ4v) is 1.92. The summed E-state index contributed by atoms with van der Waals surface area (Å²) in [5.41, 5.74) is 0.965. The fraction of sp³-hybridized carbons (Fsp3) is 0.308. The van der Waals surface area contributed by atoms with Gasteiger partial charge in [-0.25, -0.2) is 4.98 Å². The van der Waals surface area contributed by atoms with E-state index in [0.717, 1.165) is 28.3 Å². The molecular weight excluding hydrogens is 280 g/mol. The molecule has 2 rings (SSSR count). The SMILES string of the molecule is CCn1cc(COc2ccc(Br)cc2)nc1C. The second kappa shape index (κ2) is 5.36. The number of aryl methyl sites for hydroxylation is 2. The van der Waals surface area contributed by atoms with E-state index in [1.807, 2.05) is 37.4 Å². The van der Waals surface area contributed by atoms with E-state index in [9.17, 15) is 0 Å².